The molecule has 6 heteroatoms. The molecule has 2 aliphatic rings. The quantitative estimate of drug-likeness (QED) is 0.809. The van der Waals surface area contributed by atoms with E-state index in [4.69, 9.17) is 9.47 Å². The Bertz CT molecular complexity index is 341. The maximum Gasteiger partial charge on any atom is 0.407 e. The third-order valence-electron chi connectivity index (χ3n) is 4.31. The fraction of sp³-hybridized carbons (Fsp3) is 0.929. The highest BCUT2D eigenvalue weighted by Gasteiger charge is 2.59. The largest absolute Gasteiger partial charge is 0.450 e. The van der Waals surface area contributed by atoms with Gasteiger partial charge in [-0.15, -0.1) is 0 Å². The van der Waals surface area contributed by atoms with Crippen molar-refractivity contribution in [1.29, 1.82) is 0 Å². The third kappa shape index (κ3) is 3.22. The molecule has 1 saturated carbocycles. The van der Waals surface area contributed by atoms with E-state index in [0.717, 1.165) is 12.8 Å². The second kappa shape index (κ2) is 6.24. The Morgan fingerprint density at radius 1 is 1.35 bits per heavy atom. The number of amides is 1. The summed E-state index contributed by atoms with van der Waals surface area (Å²) >= 11 is 0. The van der Waals surface area contributed by atoms with Gasteiger partial charge < -0.3 is 14.8 Å². The van der Waals surface area contributed by atoms with Crippen molar-refractivity contribution in [2.45, 2.75) is 69.4 Å². The molecule has 1 saturated heterocycles. The molecule has 1 aliphatic heterocycles. The predicted molar refractivity (Wildman–Crippen MR) is 69.9 cm³/mol. The molecule has 2 rings (SSSR count). The lowest BCUT2D eigenvalue weighted by Gasteiger charge is -2.39. The zero-order valence-corrected chi connectivity index (χ0v) is 11.9. The number of alkyl carbamates (subject to hydrolysis) is 1. The maximum atomic E-state index is 13.8. The summed E-state index contributed by atoms with van der Waals surface area (Å²) in [6.07, 6.45) is 2.77. The predicted octanol–water partition coefficient (Wildman–Crippen LogP) is 3.25. The molecule has 20 heavy (non-hydrogen) atoms. The molecule has 1 aliphatic carbocycles. The van der Waals surface area contributed by atoms with Gasteiger partial charge in [-0.2, -0.15) is 0 Å². The van der Waals surface area contributed by atoms with Crippen molar-refractivity contribution in [3.8, 4) is 0 Å². The van der Waals surface area contributed by atoms with Gasteiger partial charge in [-0.25, -0.2) is 13.6 Å². The van der Waals surface area contributed by atoms with E-state index in [2.05, 4.69) is 5.32 Å². The summed E-state index contributed by atoms with van der Waals surface area (Å²) in [5.41, 5.74) is -1.29. The molecule has 0 atom stereocenters. The molecule has 1 spiro atoms. The van der Waals surface area contributed by atoms with Crippen LogP contribution in [0.1, 0.15) is 51.9 Å². The van der Waals surface area contributed by atoms with E-state index < -0.39 is 17.6 Å². The van der Waals surface area contributed by atoms with E-state index in [-0.39, 0.29) is 19.1 Å². The van der Waals surface area contributed by atoms with Crippen LogP contribution in [-0.4, -0.2) is 36.9 Å². The van der Waals surface area contributed by atoms with Crippen LogP contribution in [0.2, 0.25) is 0 Å². The molecule has 2 fully saturated rings. The normalized spacial score (nSPS) is 32.2. The third-order valence-corrected chi connectivity index (χ3v) is 4.31. The zero-order valence-electron chi connectivity index (χ0n) is 11.9. The van der Waals surface area contributed by atoms with Gasteiger partial charge in [-0.1, -0.05) is 13.3 Å². The Morgan fingerprint density at radius 2 is 2.05 bits per heavy atom. The molecular weight excluding hydrogens is 268 g/mol. The molecule has 1 N–H and O–H groups in total. The van der Waals surface area contributed by atoms with E-state index in [9.17, 15) is 13.6 Å². The number of carbonyl (C=O) groups excluding carboxylic acids is 1. The minimum Gasteiger partial charge on any atom is -0.450 e. The molecule has 0 bridgehead atoms. The van der Waals surface area contributed by atoms with Gasteiger partial charge >= 0.3 is 6.09 Å². The lowest BCUT2D eigenvalue weighted by Crippen LogP contribution is -2.51. The SMILES string of the molecule is CCCCOC(=O)NC1CCC2(CC1)OCCC2(F)F. The van der Waals surface area contributed by atoms with Gasteiger partial charge in [0, 0.05) is 12.5 Å². The number of rotatable bonds is 4. The highest BCUT2D eigenvalue weighted by atomic mass is 19.3. The lowest BCUT2D eigenvalue weighted by molar-refractivity contribution is -0.164. The van der Waals surface area contributed by atoms with E-state index in [0.29, 0.717) is 32.3 Å². The van der Waals surface area contributed by atoms with Gasteiger partial charge in [-0.3, -0.25) is 0 Å². The van der Waals surface area contributed by atoms with Crippen LogP contribution in [0.15, 0.2) is 0 Å². The molecular formula is C14H23F2NO3. The van der Waals surface area contributed by atoms with Gasteiger partial charge in [0.1, 0.15) is 5.60 Å². The summed E-state index contributed by atoms with van der Waals surface area (Å²) in [5.74, 6) is -2.74. The number of halogens is 2. The van der Waals surface area contributed by atoms with Crippen molar-refractivity contribution in [2.75, 3.05) is 13.2 Å². The number of alkyl halides is 2. The number of carbonyl (C=O) groups is 1. The maximum absolute atomic E-state index is 13.8. The van der Waals surface area contributed by atoms with Crippen LogP contribution < -0.4 is 5.32 Å². The first-order valence-corrected chi connectivity index (χ1v) is 7.44. The first-order valence-electron chi connectivity index (χ1n) is 7.44. The first kappa shape index (κ1) is 15.5. The van der Waals surface area contributed by atoms with Crippen molar-refractivity contribution in [1.82, 2.24) is 5.32 Å². The summed E-state index contributed by atoms with van der Waals surface area (Å²) in [7, 11) is 0. The van der Waals surface area contributed by atoms with Crippen molar-refractivity contribution < 1.29 is 23.0 Å². The molecule has 116 valence electrons. The number of hydrogen-bond acceptors (Lipinski definition) is 3. The van der Waals surface area contributed by atoms with Gasteiger partial charge in [-0.05, 0) is 32.1 Å². The number of unbranched alkanes of at least 4 members (excludes halogenated alkanes) is 1. The number of ether oxygens (including phenoxy) is 2. The fourth-order valence-corrected chi connectivity index (χ4v) is 2.96. The first-order chi connectivity index (χ1) is 9.49. The molecule has 4 nitrogen and oxygen atoms in total. The molecule has 0 unspecified atom stereocenters. The minimum atomic E-state index is -2.74. The minimum absolute atomic E-state index is 0.0882. The molecule has 0 aromatic rings. The topological polar surface area (TPSA) is 47.6 Å². The Morgan fingerprint density at radius 3 is 2.60 bits per heavy atom. The van der Waals surface area contributed by atoms with Crippen LogP contribution in [0, 0.1) is 0 Å². The van der Waals surface area contributed by atoms with Crippen LogP contribution in [0.25, 0.3) is 0 Å². The Labute approximate surface area is 118 Å². The highest BCUT2D eigenvalue weighted by Crippen LogP contribution is 2.49. The van der Waals surface area contributed by atoms with Crippen molar-refractivity contribution in [3.63, 3.8) is 0 Å². The lowest BCUT2D eigenvalue weighted by atomic mass is 9.78. The van der Waals surface area contributed by atoms with Gasteiger partial charge in [0.05, 0.1) is 13.2 Å². The monoisotopic (exact) mass is 291 g/mol. The average molecular weight is 291 g/mol. The van der Waals surface area contributed by atoms with Crippen LogP contribution >= 0.6 is 0 Å². The Balaban J connectivity index is 1.76. The van der Waals surface area contributed by atoms with E-state index in [1.807, 2.05) is 6.92 Å². The average Bonchev–Trinajstić information content (AvgIpc) is 2.68. The summed E-state index contributed by atoms with van der Waals surface area (Å²) in [5, 5.41) is 2.75. The van der Waals surface area contributed by atoms with Gasteiger partial charge in [0.25, 0.3) is 5.92 Å². The fourth-order valence-electron chi connectivity index (χ4n) is 2.96. The van der Waals surface area contributed by atoms with Crippen LogP contribution in [-0.2, 0) is 9.47 Å². The molecule has 1 amide bonds. The summed E-state index contributed by atoms with van der Waals surface area (Å²) in [6.45, 7) is 2.55. The molecule has 0 aromatic carbocycles. The molecule has 0 aromatic heterocycles. The van der Waals surface area contributed by atoms with E-state index in [1.54, 1.807) is 0 Å². The highest BCUT2D eigenvalue weighted by molar-refractivity contribution is 5.67. The van der Waals surface area contributed by atoms with Crippen LogP contribution in [0.3, 0.4) is 0 Å². The van der Waals surface area contributed by atoms with Crippen molar-refractivity contribution in [3.05, 3.63) is 0 Å². The Hall–Kier alpha value is -0.910. The zero-order chi connectivity index (χ0) is 14.6. The molecule has 1 heterocycles. The summed E-state index contributed by atoms with van der Waals surface area (Å²) < 4.78 is 38.0. The van der Waals surface area contributed by atoms with Crippen molar-refractivity contribution >= 4 is 6.09 Å². The second-order valence-electron chi connectivity index (χ2n) is 5.71. The van der Waals surface area contributed by atoms with E-state index >= 15 is 0 Å². The Kier molecular flexibility index (Phi) is 4.83. The summed E-state index contributed by atoms with van der Waals surface area (Å²) in [6, 6.07) is -0.0882. The van der Waals surface area contributed by atoms with Crippen molar-refractivity contribution in [2.24, 2.45) is 0 Å². The molecule has 0 radical (unpaired) electrons. The summed E-state index contributed by atoms with van der Waals surface area (Å²) in [4.78, 5) is 11.5. The van der Waals surface area contributed by atoms with Gasteiger partial charge in [0.15, 0.2) is 0 Å². The van der Waals surface area contributed by atoms with E-state index in [1.165, 1.54) is 0 Å². The van der Waals surface area contributed by atoms with Crippen LogP contribution in [0.5, 0.6) is 0 Å². The van der Waals surface area contributed by atoms with Crippen LogP contribution in [0.4, 0.5) is 13.6 Å². The standard InChI is InChI=1S/C14H23F2NO3/c1-2-3-9-19-12(18)17-11-4-6-13(7-5-11)14(15,16)8-10-20-13/h11H,2-10H2,1H3,(H,17,18). The number of hydrogen-bond donors (Lipinski definition) is 1. The number of nitrogens with one attached hydrogen (secondary N) is 1. The van der Waals surface area contributed by atoms with Gasteiger partial charge in [0.2, 0.25) is 0 Å². The smallest absolute Gasteiger partial charge is 0.407 e. The second-order valence-corrected chi connectivity index (χ2v) is 5.71.